The van der Waals surface area contributed by atoms with E-state index < -0.39 is 0 Å². The van der Waals surface area contributed by atoms with Crippen molar-refractivity contribution in [2.75, 3.05) is 0 Å². The highest BCUT2D eigenvalue weighted by atomic mass is 15.5. The summed E-state index contributed by atoms with van der Waals surface area (Å²) in [5.41, 5.74) is 3.29. The average Bonchev–Trinajstić information content (AvgIpc) is 3.14. The van der Waals surface area contributed by atoms with Crippen LogP contribution < -0.4 is 0 Å². The van der Waals surface area contributed by atoms with Gasteiger partial charge >= 0.3 is 0 Å². The lowest BCUT2D eigenvalue weighted by Gasteiger charge is -2.11. The van der Waals surface area contributed by atoms with Crippen LogP contribution in [0.1, 0.15) is 28.3 Å². The molecule has 23 heavy (non-hydrogen) atoms. The van der Waals surface area contributed by atoms with Crippen LogP contribution in [0.4, 0.5) is 0 Å². The SMILES string of the molecule is Cc1cccc(C)c1-n1nnnc1Cn1cnc(C#N)c1C#N. The van der Waals surface area contributed by atoms with Crippen molar-refractivity contribution in [3.05, 3.63) is 52.9 Å². The van der Waals surface area contributed by atoms with Gasteiger partial charge in [0.15, 0.2) is 17.2 Å². The fourth-order valence-corrected chi connectivity index (χ4v) is 2.47. The van der Waals surface area contributed by atoms with Crippen molar-refractivity contribution in [1.82, 2.24) is 29.8 Å². The Labute approximate surface area is 132 Å². The molecule has 0 saturated carbocycles. The maximum absolute atomic E-state index is 9.20. The van der Waals surface area contributed by atoms with E-state index in [2.05, 4.69) is 20.5 Å². The van der Waals surface area contributed by atoms with Gasteiger partial charge in [-0.15, -0.1) is 5.10 Å². The number of aryl methyl sites for hydroxylation is 2. The first-order valence-electron chi connectivity index (χ1n) is 6.85. The lowest BCUT2D eigenvalue weighted by molar-refractivity contribution is 0.690. The third kappa shape index (κ3) is 2.43. The van der Waals surface area contributed by atoms with Crippen molar-refractivity contribution in [1.29, 1.82) is 10.5 Å². The smallest absolute Gasteiger partial charge is 0.176 e. The van der Waals surface area contributed by atoms with Crippen molar-refractivity contribution in [3.8, 4) is 17.8 Å². The quantitative estimate of drug-likeness (QED) is 0.720. The summed E-state index contributed by atoms with van der Waals surface area (Å²) in [4.78, 5) is 3.93. The third-order valence-electron chi connectivity index (χ3n) is 3.55. The minimum absolute atomic E-state index is 0.0959. The maximum atomic E-state index is 9.20. The lowest BCUT2D eigenvalue weighted by atomic mass is 10.1. The van der Waals surface area contributed by atoms with Crippen LogP contribution in [0.25, 0.3) is 5.69 Å². The van der Waals surface area contributed by atoms with E-state index in [1.807, 2.05) is 44.2 Å². The van der Waals surface area contributed by atoms with Crippen LogP contribution in [0.15, 0.2) is 24.5 Å². The number of imidazole rings is 1. The molecule has 8 nitrogen and oxygen atoms in total. The molecule has 0 aliphatic rings. The first-order valence-corrected chi connectivity index (χ1v) is 6.85. The predicted molar refractivity (Wildman–Crippen MR) is 79.4 cm³/mol. The molecule has 3 rings (SSSR count). The van der Waals surface area contributed by atoms with Gasteiger partial charge in [-0.1, -0.05) is 18.2 Å². The van der Waals surface area contributed by atoms with Gasteiger partial charge in [-0.2, -0.15) is 15.2 Å². The van der Waals surface area contributed by atoms with Crippen LogP contribution in [0, 0.1) is 36.5 Å². The summed E-state index contributed by atoms with van der Waals surface area (Å²) in [5, 5.41) is 30.0. The Bertz CT molecular complexity index is 931. The molecule has 2 heterocycles. The van der Waals surface area contributed by atoms with E-state index in [0.29, 0.717) is 5.82 Å². The number of hydrogen-bond donors (Lipinski definition) is 0. The molecular formula is C15H12N8. The van der Waals surface area contributed by atoms with Crippen LogP contribution in [0.3, 0.4) is 0 Å². The van der Waals surface area contributed by atoms with E-state index in [0.717, 1.165) is 16.8 Å². The molecule has 0 saturated heterocycles. The van der Waals surface area contributed by atoms with Gasteiger partial charge < -0.3 is 4.57 Å². The van der Waals surface area contributed by atoms with Crippen molar-refractivity contribution < 1.29 is 0 Å². The summed E-state index contributed by atoms with van der Waals surface area (Å²) in [6, 6.07) is 9.83. The molecule has 1 aromatic carbocycles. The molecule has 112 valence electrons. The molecule has 0 aliphatic carbocycles. The summed E-state index contributed by atoms with van der Waals surface area (Å²) < 4.78 is 3.21. The number of para-hydroxylation sites is 1. The Morgan fingerprint density at radius 3 is 2.52 bits per heavy atom. The highest BCUT2D eigenvalue weighted by molar-refractivity contribution is 5.46. The molecular weight excluding hydrogens is 292 g/mol. The van der Waals surface area contributed by atoms with Crippen molar-refractivity contribution in [2.24, 2.45) is 0 Å². The van der Waals surface area contributed by atoms with E-state index in [9.17, 15) is 5.26 Å². The zero-order valence-corrected chi connectivity index (χ0v) is 12.6. The number of nitrogens with zero attached hydrogens (tertiary/aromatic N) is 8. The Balaban J connectivity index is 2.06. The topological polar surface area (TPSA) is 109 Å². The molecule has 2 aromatic heterocycles. The number of tetrazole rings is 1. The summed E-state index contributed by atoms with van der Waals surface area (Å²) in [7, 11) is 0. The van der Waals surface area contributed by atoms with Crippen molar-refractivity contribution in [2.45, 2.75) is 20.4 Å². The Morgan fingerprint density at radius 2 is 1.87 bits per heavy atom. The van der Waals surface area contributed by atoms with Crippen LogP contribution in [0.2, 0.25) is 0 Å². The van der Waals surface area contributed by atoms with Gasteiger partial charge in [0.1, 0.15) is 12.1 Å². The molecule has 0 bridgehead atoms. The fraction of sp³-hybridized carbons (Fsp3) is 0.200. The monoisotopic (exact) mass is 304 g/mol. The van der Waals surface area contributed by atoms with E-state index in [1.165, 1.54) is 6.33 Å². The number of aromatic nitrogens is 6. The first-order chi connectivity index (χ1) is 11.2. The maximum Gasteiger partial charge on any atom is 0.176 e. The second-order valence-electron chi connectivity index (χ2n) is 5.04. The molecule has 0 fully saturated rings. The largest absolute Gasteiger partial charge is 0.313 e. The second-order valence-corrected chi connectivity index (χ2v) is 5.04. The summed E-state index contributed by atoms with van der Waals surface area (Å²) in [6.45, 7) is 4.22. The van der Waals surface area contributed by atoms with Gasteiger partial charge in [-0.05, 0) is 35.4 Å². The van der Waals surface area contributed by atoms with E-state index in [-0.39, 0.29) is 17.9 Å². The van der Waals surface area contributed by atoms with Gasteiger partial charge in [0, 0.05) is 0 Å². The van der Waals surface area contributed by atoms with E-state index in [1.54, 1.807) is 9.25 Å². The Hall–Kier alpha value is -3.52. The molecule has 0 radical (unpaired) electrons. The summed E-state index contributed by atoms with van der Waals surface area (Å²) in [6.07, 6.45) is 1.45. The molecule has 3 aromatic rings. The Morgan fingerprint density at radius 1 is 1.13 bits per heavy atom. The van der Waals surface area contributed by atoms with E-state index in [4.69, 9.17) is 5.26 Å². The molecule has 0 atom stereocenters. The van der Waals surface area contributed by atoms with Crippen LogP contribution >= 0.6 is 0 Å². The fourth-order valence-electron chi connectivity index (χ4n) is 2.47. The Kier molecular flexibility index (Phi) is 3.57. The van der Waals surface area contributed by atoms with Gasteiger partial charge in [0.2, 0.25) is 0 Å². The number of rotatable bonds is 3. The molecule has 0 N–H and O–H groups in total. The minimum atomic E-state index is 0.0959. The zero-order valence-electron chi connectivity index (χ0n) is 12.6. The molecule has 8 heteroatoms. The van der Waals surface area contributed by atoms with Crippen LogP contribution in [0.5, 0.6) is 0 Å². The minimum Gasteiger partial charge on any atom is -0.313 e. The predicted octanol–water partition coefficient (Wildman–Crippen LogP) is 1.27. The lowest BCUT2D eigenvalue weighted by Crippen LogP contribution is -2.11. The van der Waals surface area contributed by atoms with Crippen LogP contribution in [-0.4, -0.2) is 29.8 Å². The van der Waals surface area contributed by atoms with Gasteiger partial charge in [-0.3, -0.25) is 0 Å². The van der Waals surface area contributed by atoms with Crippen LogP contribution in [-0.2, 0) is 6.54 Å². The normalized spacial score (nSPS) is 10.3. The second kappa shape index (κ2) is 5.70. The van der Waals surface area contributed by atoms with Gasteiger partial charge in [0.25, 0.3) is 0 Å². The first kappa shape index (κ1) is 14.4. The van der Waals surface area contributed by atoms with E-state index >= 15 is 0 Å². The van der Waals surface area contributed by atoms with Crippen molar-refractivity contribution in [3.63, 3.8) is 0 Å². The summed E-state index contributed by atoms with van der Waals surface area (Å²) in [5.74, 6) is 0.556. The average molecular weight is 304 g/mol. The van der Waals surface area contributed by atoms with Crippen molar-refractivity contribution >= 4 is 0 Å². The third-order valence-corrected chi connectivity index (χ3v) is 3.55. The number of nitriles is 2. The molecule has 0 amide bonds. The number of benzene rings is 1. The van der Waals surface area contributed by atoms with Gasteiger partial charge in [-0.25, -0.2) is 4.98 Å². The number of hydrogen-bond acceptors (Lipinski definition) is 6. The zero-order chi connectivity index (χ0) is 16.4. The molecule has 0 unspecified atom stereocenters. The highest BCUT2D eigenvalue weighted by Gasteiger charge is 2.16. The summed E-state index contributed by atoms with van der Waals surface area (Å²) >= 11 is 0. The standard InChI is InChI=1S/C15H12N8/c1-10-4-3-5-11(2)15(10)23-14(19-20-21-23)8-22-9-18-12(6-16)13(22)7-17/h3-5,9H,8H2,1-2H3. The van der Waals surface area contributed by atoms with Gasteiger partial charge in [0.05, 0.1) is 18.6 Å². The highest BCUT2D eigenvalue weighted by Crippen LogP contribution is 2.19. The molecule has 0 spiro atoms. The molecule has 0 aliphatic heterocycles.